The van der Waals surface area contributed by atoms with E-state index >= 15 is 0 Å². The standard InChI is InChI=1S/C15H15N3S/c1-10-7-13(12-5-3-4-6-14(12)18-10)15-17-9-11(19-15)8-16-2/h3-7,9,16H,8H2,1-2H3. The number of hydrogen-bond donors (Lipinski definition) is 1. The van der Waals surface area contributed by atoms with Crippen molar-refractivity contribution in [1.29, 1.82) is 0 Å². The first kappa shape index (κ1) is 12.3. The van der Waals surface area contributed by atoms with Gasteiger partial charge in [-0.05, 0) is 26.1 Å². The van der Waals surface area contributed by atoms with E-state index in [0.29, 0.717) is 0 Å². The van der Waals surface area contributed by atoms with Gasteiger partial charge in [-0.15, -0.1) is 11.3 Å². The summed E-state index contributed by atoms with van der Waals surface area (Å²) in [6, 6.07) is 10.3. The highest BCUT2D eigenvalue weighted by atomic mass is 32.1. The number of hydrogen-bond acceptors (Lipinski definition) is 4. The van der Waals surface area contributed by atoms with Crippen molar-refractivity contribution in [1.82, 2.24) is 15.3 Å². The molecule has 0 atom stereocenters. The number of benzene rings is 1. The van der Waals surface area contributed by atoms with Gasteiger partial charge in [0.1, 0.15) is 5.01 Å². The Bertz CT molecular complexity index is 718. The van der Waals surface area contributed by atoms with Gasteiger partial charge in [-0.25, -0.2) is 4.98 Å². The maximum Gasteiger partial charge on any atom is 0.124 e. The Kier molecular flexibility index (Phi) is 3.27. The van der Waals surface area contributed by atoms with E-state index in [9.17, 15) is 0 Å². The van der Waals surface area contributed by atoms with Crippen LogP contribution in [-0.4, -0.2) is 17.0 Å². The Hall–Kier alpha value is -1.78. The van der Waals surface area contributed by atoms with Gasteiger partial charge in [0.25, 0.3) is 0 Å². The maximum absolute atomic E-state index is 4.57. The minimum Gasteiger partial charge on any atom is -0.315 e. The second kappa shape index (κ2) is 5.07. The third kappa shape index (κ3) is 2.37. The molecule has 3 nitrogen and oxygen atoms in total. The topological polar surface area (TPSA) is 37.8 Å². The Morgan fingerprint density at radius 2 is 2.11 bits per heavy atom. The summed E-state index contributed by atoms with van der Waals surface area (Å²) in [6.07, 6.45) is 1.95. The van der Waals surface area contributed by atoms with E-state index in [4.69, 9.17) is 0 Å². The molecule has 3 aromatic rings. The Labute approximate surface area is 116 Å². The van der Waals surface area contributed by atoms with Gasteiger partial charge in [0.15, 0.2) is 0 Å². The number of nitrogens with zero attached hydrogens (tertiary/aromatic N) is 2. The molecular formula is C15H15N3S. The van der Waals surface area contributed by atoms with Gasteiger partial charge in [0.05, 0.1) is 5.52 Å². The fourth-order valence-electron chi connectivity index (χ4n) is 2.17. The number of nitrogens with one attached hydrogen (secondary N) is 1. The zero-order valence-electron chi connectivity index (χ0n) is 11.0. The molecule has 2 aromatic heterocycles. The summed E-state index contributed by atoms with van der Waals surface area (Å²) in [5, 5.41) is 5.38. The molecule has 0 unspecified atom stereocenters. The molecule has 0 aliphatic heterocycles. The molecule has 0 amide bonds. The molecule has 1 N–H and O–H groups in total. The average molecular weight is 269 g/mol. The molecule has 19 heavy (non-hydrogen) atoms. The van der Waals surface area contributed by atoms with Crippen molar-refractivity contribution < 1.29 is 0 Å². The molecule has 0 bridgehead atoms. The molecule has 0 saturated carbocycles. The van der Waals surface area contributed by atoms with E-state index in [1.54, 1.807) is 11.3 Å². The van der Waals surface area contributed by atoms with Crippen molar-refractivity contribution in [2.45, 2.75) is 13.5 Å². The third-order valence-electron chi connectivity index (χ3n) is 2.98. The summed E-state index contributed by atoms with van der Waals surface area (Å²) >= 11 is 1.73. The molecule has 3 rings (SSSR count). The largest absolute Gasteiger partial charge is 0.315 e. The van der Waals surface area contributed by atoms with Crippen LogP contribution in [0.2, 0.25) is 0 Å². The number of para-hydroxylation sites is 1. The summed E-state index contributed by atoms with van der Waals surface area (Å²) in [5.74, 6) is 0. The smallest absolute Gasteiger partial charge is 0.124 e. The van der Waals surface area contributed by atoms with Gasteiger partial charge >= 0.3 is 0 Å². The maximum atomic E-state index is 4.57. The van der Waals surface area contributed by atoms with Crippen LogP contribution in [0.4, 0.5) is 0 Å². The first-order valence-corrected chi connectivity index (χ1v) is 7.05. The summed E-state index contributed by atoms with van der Waals surface area (Å²) in [6.45, 7) is 2.89. The molecule has 0 saturated heterocycles. The van der Waals surface area contributed by atoms with Crippen LogP contribution in [0.3, 0.4) is 0 Å². The second-order valence-corrected chi connectivity index (χ2v) is 5.61. The van der Waals surface area contributed by atoms with Crippen LogP contribution in [-0.2, 0) is 6.54 Å². The van der Waals surface area contributed by atoms with Crippen LogP contribution >= 0.6 is 11.3 Å². The Morgan fingerprint density at radius 1 is 1.26 bits per heavy atom. The van der Waals surface area contributed by atoms with Gasteiger partial charge < -0.3 is 5.32 Å². The zero-order chi connectivity index (χ0) is 13.2. The average Bonchev–Trinajstić information content (AvgIpc) is 2.86. The molecule has 2 heterocycles. The van der Waals surface area contributed by atoms with Crippen molar-refractivity contribution in [3.63, 3.8) is 0 Å². The number of aromatic nitrogens is 2. The molecule has 4 heteroatoms. The lowest BCUT2D eigenvalue weighted by Gasteiger charge is -2.04. The lowest BCUT2D eigenvalue weighted by Crippen LogP contribution is -2.02. The number of fused-ring (bicyclic) bond motifs is 1. The molecule has 0 aliphatic rings. The number of rotatable bonds is 3. The summed E-state index contributed by atoms with van der Waals surface area (Å²) in [4.78, 5) is 10.4. The fourth-order valence-corrected chi connectivity index (χ4v) is 3.13. The highest BCUT2D eigenvalue weighted by molar-refractivity contribution is 7.15. The molecule has 0 spiro atoms. The van der Waals surface area contributed by atoms with Crippen LogP contribution in [0, 0.1) is 6.92 Å². The van der Waals surface area contributed by atoms with Gasteiger partial charge in [-0.3, -0.25) is 4.98 Å². The number of thiazole rings is 1. The van der Waals surface area contributed by atoms with Crippen molar-refractivity contribution in [2.24, 2.45) is 0 Å². The van der Waals surface area contributed by atoms with Crippen molar-refractivity contribution in [3.8, 4) is 10.6 Å². The molecule has 0 radical (unpaired) electrons. The predicted molar refractivity (Wildman–Crippen MR) is 80.4 cm³/mol. The quantitative estimate of drug-likeness (QED) is 0.792. The van der Waals surface area contributed by atoms with Crippen molar-refractivity contribution >= 4 is 22.2 Å². The van der Waals surface area contributed by atoms with Gasteiger partial charge in [-0.1, -0.05) is 18.2 Å². The lowest BCUT2D eigenvalue weighted by molar-refractivity contribution is 0.829. The number of pyridine rings is 1. The summed E-state index contributed by atoms with van der Waals surface area (Å²) in [7, 11) is 1.95. The van der Waals surface area contributed by atoms with E-state index in [-0.39, 0.29) is 0 Å². The van der Waals surface area contributed by atoms with Gasteiger partial charge in [0.2, 0.25) is 0 Å². The van der Waals surface area contributed by atoms with Gasteiger partial charge in [0, 0.05) is 34.3 Å². The summed E-state index contributed by atoms with van der Waals surface area (Å²) in [5.41, 5.74) is 3.23. The monoisotopic (exact) mass is 269 g/mol. The van der Waals surface area contributed by atoms with Crippen molar-refractivity contribution in [2.75, 3.05) is 7.05 Å². The highest BCUT2D eigenvalue weighted by Gasteiger charge is 2.09. The molecule has 0 fully saturated rings. The van der Waals surface area contributed by atoms with Crippen LogP contribution < -0.4 is 5.32 Å². The Balaban J connectivity index is 2.17. The van der Waals surface area contributed by atoms with Gasteiger partial charge in [-0.2, -0.15) is 0 Å². The minimum absolute atomic E-state index is 0.861. The first-order chi connectivity index (χ1) is 9.28. The van der Waals surface area contributed by atoms with Crippen LogP contribution in [0.5, 0.6) is 0 Å². The molecule has 0 aliphatic carbocycles. The molecule has 96 valence electrons. The SMILES string of the molecule is CNCc1cnc(-c2cc(C)nc3ccccc23)s1. The van der Waals surface area contributed by atoms with E-state index in [0.717, 1.165) is 22.8 Å². The van der Waals surface area contributed by atoms with E-state index in [1.807, 2.05) is 38.4 Å². The fraction of sp³-hybridized carbons (Fsp3) is 0.200. The van der Waals surface area contributed by atoms with Crippen LogP contribution in [0.15, 0.2) is 36.5 Å². The summed E-state index contributed by atoms with van der Waals surface area (Å²) < 4.78 is 0. The minimum atomic E-state index is 0.861. The first-order valence-electron chi connectivity index (χ1n) is 6.24. The van der Waals surface area contributed by atoms with E-state index < -0.39 is 0 Å². The lowest BCUT2D eigenvalue weighted by atomic mass is 10.1. The molecular weight excluding hydrogens is 254 g/mol. The molecule has 1 aromatic carbocycles. The van der Waals surface area contributed by atoms with E-state index in [1.165, 1.54) is 15.8 Å². The Morgan fingerprint density at radius 3 is 2.95 bits per heavy atom. The van der Waals surface area contributed by atoms with Crippen molar-refractivity contribution in [3.05, 3.63) is 47.1 Å². The third-order valence-corrected chi connectivity index (χ3v) is 4.01. The van der Waals surface area contributed by atoms with Crippen LogP contribution in [0.25, 0.3) is 21.5 Å². The normalized spacial score (nSPS) is 11.1. The number of aryl methyl sites for hydroxylation is 1. The van der Waals surface area contributed by atoms with E-state index in [2.05, 4.69) is 27.4 Å². The van der Waals surface area contributed by atoms with Crippen LogP contribution in [0.1, 0.15) is 10.6 Å². The zero-order valence-corrected chi connectivity index (χ0v) is 11.8. The predicted octanol–water partition coefficient (Wildman–Crippen LogP) is 3.39. The highest BCUT2D eigenvalue weighted by Crippen LogP contribution is 2.31. The second-order valence-electron chi connectivity index (χ2n) is 4.49.